The quantitative estimate of drug-likeness (QED) is 0.345. The third-order valence-electron chi connectivity index (χ3n) is 5.08. The summed E-state index contributed by atoms with van der Waals surface area (Å²) in [5, 5.41) is -0.246. The summed E-state index contributed by atoms with van der Waals surface area (Å²) in [4.78, 5) is 31.8. The maximum absolute atomic E-state index is 12.7. The number of ether oxygens (including phenoxy) is 3. The average Bonchev–Trinajstić information content (AvgIpc) is 3.16. The zero-order chi connectivity index (χ0) is 26.1. The first-order chi connectivity index (χ1) is 17.0. The number of aromatic nitrogens is 2. The van der Waals surface area contributed by atoms with Crippen molar-refractivity contribution in [3.8, 4) is 17.2 Å². The smallest absolute Gasteiger partial charge is 0.497 e. The highest BCUT2D eigenvalue weighted by atomic mass is 32.2. The Balaban J connectivity index is 1.48. The average molecular weight is 529 g/mol. The Morgan fingerprint density at radius 3 is 2.56 bits per heavy atom. The van der Waals surface area contributed by atoms with Crippen molar-refractivity contribution in [2.24, 2.45) is 0 Å². The molecule has 1 unspecified atom stereocenters. The molecule has 2 aromatic heterocycles. The molecule has 1 atom stereocenters. The molecule has 11 nitrogen and oxygen atoms in total. The van der Waals surface area contributed by atoms with E-state index in [9.17, 15) is 31.2 Å². The van der Waals surface area contributed by atoms with E-state index in [2.05, 4.69) is 14.2 Å². The minimum absolute atomic E-state index is 0.0934. The summed E-state index contributed by atoms with van der Waals surface area (Å²) in [5.41, 5.74) is -5.95. The lowest BCUT2D eigenvalue weighted by Crippen LogP contribution is -2.28. The van der Waals surface area contributed by atoms with E-state index in [0.717, 1.165) is 18.0 Å². The van der Waals surface area contributed by atoms with Crippen LogP contribution in [0.15, 0.2) is 47.5 Å². The number of aromatic amines is 1. The number of rotatable bonds is 8. The Morgan fingerprint density at radius 1 is 1.17 bits per heavy atom. The molecule has 15 heteroatoms. The van der Waals surface area contributed by atoms with Gasteiger partial charge in [0.1, 0.15) is 12.4 Å². The number of alkyl halides is 3. The fourth-order valence-electron chi connectivity index (χ4n) is 3.38. The van der Waals surface area contributed by atoms with Crippen molar-refractivity contribution in [1.29, 1.82) is 0 Å². The maximum Gasteiger partial charge on any atom is 0.534 e. The predicted molar refractivity (Wildman–Crippen MR) is 117 cm³/mol. The number of cyclic esters (lactones) is 1. The first kappa shape index (κ1) is 25.1. The number of hydrogen-bond donors (Lipinski definition) is 1. The number of halogens is 3. The molecule has 1 aromatic carbocycles. The Kier molecular flexibility index (Phi) is 6.67. The largest absolute Gasteiger partial charge is 0.534 e. The SMILES string of the molecule is COc1ccc(CN2CC(COc3cncc4c(OS(=O)(=O)C(F)(F)F)cc(=O)[nH]c34)OC2=O)cc1. The van der Waals surface area contributed by atoms with Gasteiger partial charge in [0.25, 0.3) is 5.56 Å². The first-order valence-corrected chi connectivity index (χ1v) is 11.6. The normalized spacial score (nSPS) is 16.2. The number of pyridine rings is 2. The van der Waals surface area contributed by atoms with Gasteiger partial charge in [0, 0.05) is 18.8 Å². The summed E-state index contributed by atoms with van der Waals surface area (Å²) in [6.45, 7) is 0.272. The zero-order valence-corrected chi connectivity index (χ0v) is 19.3. The summed E-state index contributed by atoms with van der Waals surface area (Å²) >= 11 is 0. The van der Waals surface area contributed by atoms with E-state index in [0.29, 0.717) is 11.8 Å². The van der Waals surface area contributed by atoms with Crippen molar-refractivity contribution >= 4 is 27.1 Å². The van der Waals surface area contributed by atoms with Crippen LogP contribution in [-0.4, -0.2) is 61.3 Å². The van der Waals surface area contributed by atoms with Gasteiger partial charge in [0.15, 0.2) is 17.6 Å². The number of nitrogens with one attached hydrogen (secondary N) is 1. The van der Waals surface area contributed by atoms with Gasteiger partial charge < -0.3 is 28.3 Å². The molecular weight excluding hydrogens is 511 g/mol. The highest BCUT2D eigenvalue weighted by Crippen LogP contribution is 2.32. The molecule has 0 saturated carbocycles. The first-order valence-electron chi connectivity index (χ1n) is 10.2. The third-order valence-corrected chi connectivity index (χ3v) is 6.04. The van der Waals surface area contributed by atoms with Crippen molar-refractivity contribution in [3.63, 3.8) is 0 Å². The summed E-state index contributed by atoms with van der Waals surface area (Å²) in [6, 6.07) is 7.65. The van der Waals surface area contributed by atoms with Gasteiger partial charge in [-0.3, -0.25) is 9.78 Å². The van der Waals surface area contributed by atoms with Crippen molar-refractivity contribution in [2.75, 3.05) is 20.3 Å². The molecule has 4 rings (SSSR count). The lowest BCUT2D eigenvalue weighted by atomic mass is 10.2. The van der Waals surface area contributed by atoms with Crippen LogP contribution in [0.2, 0.25) is 0 Å². The fraction of sp³-hybridized carbons (Fsp3) is 0.286. The number of methoxy groups -OCH3 is 1. The molecule has 0 spiro atoms. The second-order valence-electron chi connectivity index (χ2n) is 7.59. The molecule has 3 aromatic rings. The van der Waals surface area contributed by atoms with Crippen molar-refractivity contribution < 1.29 is 44.8 Å². The Labute approximate surface area is 201 Å². The number of fused-ring (bicyclic) bond motifs is 1. The van der Waals surface area contributed by atoms with Crippen molar-refractivity contribution in [1.82, 2.24) is 14.9 Å². The highest BCUT2D eigenvalue weighted by molar-refractivity contribution is 7.88. The molecule has 0 aliphatic carbocycles. The monoisotopic (exact) mass is 529 g/mol. The number of carbonyl (C=O) groups excluding carboxylic acids is 1. The molecule has 1 fully saturated rings. The van der Waals surface area contributed by atoms with E-state index < -0.39 is 39.1 Å². The van der Waals surface area contributed by atoms with Gasteiger partial charge in [-0.15, -0.1) is 0 Å². The number of nitrogens with zero attached hydrogens (tertiary/aromatic N) is 2. The molecule has 1 aliphatic heterocycles. The van der Waals surface area contributed by atoms with Crippen molar-refractivity contribution in [3.05, 3.63) is 58.6 Å². The van der Waals surface area contributed by atoms with E-state index in [1.807, 2.05) is 0 Å². The van der Waals surface area contributed by atoms with Crippen LogP contribution in [0.5, 0.6) is 17.2 Å². The Hall–Kier alpha value is -4.01. The topological polar surface area (TPSA) is 137 Å². The molecule has 0 radical (unpaired) electrons. The van der Waals surface area contributed by atoms with Crippen LogP contribution < -0.4 is 19.2 Å². The number of H-pyrrole nitrogens is 1. The molecular formula is C21H18F3N3O8S. The van der Waals surface area contributed by atoms with Gasteiger partial charge in [0.2, 0.25) is 0 Å². The van der Waals surface area contributed by atoms with Crippen molar-refractivity contribution in [2.45, 2.75) is 18.2 Å². The molecule has 1 aliphatic rings. The maximum atomic E-state index is 12.7. The number of carbonyl (C=O) groups is 1. The van der Waals surface area contributed by atoms with Crippen LogP contribution in [0.3, 0.4) is 0 Å². The molecule has 1 saturated heterocycles. The van der Waals surface area contributed by atoms with E-state index in [1.54, 1.807) is 24.3 Å². The molecule has 3 heterocycles. The predicted octanol–water partition coefficient (Wildman–Crippen LogP) is 2.56. The second kappa shape index (κ2) is 9.56. The highest BCUT2D eigenvalue weighted by Gasteiger charge is 2.48. The Morgan fingerprint density at radius 2 is 1.89 bits per heavy atom. The third kappa shape index (κ3) is 5.30. The van der Waals surface area contributed by atoms with Gasteiger partial charge in [0.05, 0.1) is 30.8 Å². The zero-order valence-electron chi connectivity index (χ0n) is 18.4. The van der Waals surface area contributed by atoms with E-state index in [4.69, 9.17) is 14.2 Å². The molecule has 1 N–H and O–H groups in total. The van der Waals surface area contributed by atoms with Gasteiger partial charge in [-0.25, -0.2) is 4.79 Å². The van der Waals surface area contributed by atoms with E-state index in [-0.39, 0.29) is 36.3 Å². The standard InChI is InChI=1S/C21H18F3N3O8S/c1-32-13-4-2-12(3-5-13)9-27-10-14(34-20(27)29)11-33-17-8-25-7-15-16(6-18(28)26-19(15)17)35-36(30,31)21(22,23)24/h2-8,14H,9-11H2,1H3,(H,26,28). The number of hydrogen-bond acceptors (Lipinski definition) is 9. The lowest BCUT2D eigenvalue weighted by Gasteiger charge is -2.15. The van der Waals surface area contributed by atoms with Gasteiger partial charge >= 0.3 is 21.7 Å². The second-order valence-corrected chi connectivity index (χ2v) is 9.12. The Bertz CT molecular complexity index is 1440. The fourth-order valence-corrected chi connectivity index (χ4v) is 3.85. The summed E-state index contributed by atoms with van der Waals surface area (Å²) in [6.07, 6.45) is 0.886. The summed E-state index contributed by atoms with van der Waals surface area (Å²) in [5.74, 6) is -0.300. The van der Waals surface area contributed by atoms with Crippen LogP contribution in [0.4, 0.5) is 18.0 Å². The van der Waals surface area contributed by atoms with Gasteiger partial charge in [-0.1, -0.05) is 12.1 Å². The molecule has 36 heavy (non-hydrogen) atoms. The minimum Gasteiger partial charge on any atom is -0.497 e. The van der Waals surface area contributed by atoms with E-state index in [1.165, 1.54) is 12.0 Å². The summed E-state index contributed by atoms with van der Waals surface area (Å²) in [7, 11) is -4.49. The van der Waals surface area contributed by atoms with Crippen LogP contribution in [0.25, 0.3) is 10.9 Å². The van der Waals surface area contributed by atoms with Crippen LogP contribution >= 0.6 is 0 Å². The van der Waals surface area contributed by atoms with Crippen LogP contribution in [0.1, 0.15) is 5.56 Å². The number of amides is 1. The molecule has 1 amide bonds. The van der Waals surface area contributed by atoms with Crippen LogP contribution in [0, 0.1) is 0 Å². The van der Waals surface area contributed by atoms with Gasteiger partial charge in [-0.05, 0) is 17.7 Å². The molecule has 0 bridgehead atoms. The minimum atomic E-state index is -6.03. The lowest BCUT2D eigenvalue weighted by molar-refractivity contribution is -0.0499. The summed E-state index contributed by atoms with van der Waals surface area (Å²) < 4.78 is 81.2. The van der Waals surface area contributed by atoms with Crippen LogP contribution in [-0.2, 0) is 21.4 Å². The molecule has 192 valence electrons. The van der Waals surface area contributed by atoms with E-state index >= 15 is 0 Å². The number of benzene rings is 1. The van der Waals surface area contributed by atoms with Gasteiger partial charge in [-0.2, -0.15) is 21.6 Å².